The second-order valence-electron chi connectivity index (χ2n) is 6.25. The number of nitrogens with zero attached hydrogens (tertiary/aromatic N) is 2. The summed E-state index contributed by atoms with van der Waals surface area (Å²) in [5.41, 5.74) is -1.66. The Morgan fingerprint density at radius 2 is 2.09 bits per heavy atom. The van der Waals surface area contributed by atoms with Gasteiger partial charge in [0.15, 0.2) is 0 Å². The van der Waals surface area contributed by atoms with E-state index in [1.807, 2.05) is 0 Å². The van der Waals surface area contributed by atoms with Crippen LogP contribution >= 0.6 is 0 Å². The van der Waals surface area contributed by atoms with Gasteiger partial charge in [-0.2, -0.15) is 0 Å². The first-order chi connectivity index (χ1) is 14.9. The fraction of sp³-hybridized carbons (Fsp3) is 0.706. The Bertz CT molecular complexity index is 967. The van der Waals surface area contributed by atoms with Crippen LogP contribution in [0.25, 0.3) is 0 Å². The van der Waals surface area contributed by atoms with Crippen molar-refractivity contribution in [3.63, 3.8) is 0 Å². The highest BCUT2D eigenvalue weighted by atomic mass is 16.7. The number of aromatic nitrogens is 1. The van der Waals surface area contributed by atoms with Crippen molar-refractivity contribution >= 4 is 18.3 Å². The summed E-state index contributed by atoms with van der Waals surface area (Å²) in [6, 6.07) is 1.21. The minimum atomic E-state index is -3.76. The molecule has 0 spiro atoms. The molecule has 0 N–H and O–H groups in total. The second kappa shape index (κ2) is 5.53. The molecule has 1 aromatic heterocycles. The van der Waals surface area contributed by atoms with Crippen molar-refractivity contribution in [2.45, 2.75) is 58.5 Å². The molecule has 2 aliphatic heterocycles. The van der Waals surface area contributed by atoms with E-state index < -0.39 is 62.5 Å². The Hall–Kier alpha value is -1.07. The quantitative estimate of drug-likeness (QED) is 0.786. The normalized spacial score (nSPS) is 48.4. The van der Waals surface area contributed by atoms with Crippen molar-refractivity contribution < 1.29 is 25.8 Å². The Labute approximate surface area is 151 Å². The van der Waals surface area contributed by atoms with Crippen LogP contribution < -0.4 is 10.4 Å². The first kappa shape index (κ1) is 6.82. The van der Waals surface area contributed by atoms with Gasteiger partial charge in [0.05, 0.1) is 23.1 Å². The van der Waals surface area contributed by atoms with Crippen LogP contribution in [0.4, 0.5) is 5.69 Å². The van der Waals surface area contributed by atoms with Gasteiger partial charge >= 0.3 is 7.12 Å². The zero-order valence-corrected chi connectivity index (χ0v) is 13.0. The third-order valence-corrected chi connectivity index (χ3v) is 4.11. The van der Waals surface area contributed by atoms with Crippen LogP contribution in [0.1, 0.15) is 63.7 Å². The van der Waals surface area contributed by atoms with Crippen LogP contribution in [0, 0.1) is 5.89 Å². The Balaban J connectivity index is 2.22. The van der Waals surface area contributed by atoms with Crippen molar-refractivity contribution in [1.29, 1.82) is 0 Å². The Kier molecular flexibility index (Phi) is 1.72. The molecule has 1 atom stereocenters. The molecule has 2 aliphatic rings. The molecule has 1 aromatic rings. The lowest BCUT2D eigenvalue weighted by molar-refractivity contribution is 0.00578. The van der Waals surface area contributed by atoms with Crippen LogP contribution in [0.15, 0.2) is 18.5 Å². The van der Waals surface area contributed by atoms with Crippen molar-refractivity contribution in [2.24, 2.45) is 5.89 Å². The first-order valence-electron chi connectivity index (χ1n) is 13.0. The monoisotopic (exact) mass is 314 g/mol. The molecule has 0 amide bonds. The molecule has 3 heterocycles. The van der Waals surface area contributed by atoms with Gasteiger partial charge < -0.3 is 14.2 Å². The molecule has 4 nitrogen and oxygen atoms in total. The van der Waals surface area contributed by atoms with Gasteiger partial charge in [-0.3, -0.25) is 4.98 Å². The van der Waals surface area contributed by atoms with Crippen molar-refractivity contribution in [3.8, 4) is 0 Å². The summed E-state index contributed by atoms with van der Waals surface area (Å²) in [7, 11) is -0.995. The number of piperidine rings is 1. The predicted octanol–water partition coefficient (Wildman–Crippen LogP) is 2.62. The number of pyridine rings is 1. The van der Waals surface area contributed by atoms with Crippen LogP contribution in [-0.2, 0) is 9.31 Å². The topological polar surface area (TPSA) is 34.6 Å². The van der Waals surface area contributed by atoms with Gasteiger partial charge in [-0.15, -0.1) is 0 Å². The summed E-state index contributed by atoms with van der Waals surface area (Å²) in [5, 5.41) is 0. The molecular weight excluding hydrogens is 275 g/mol. The summed E-state index contributed by atoms with van der Waals surface area (Å²) >= 11 is 0. The molecule has 2 fully saturated rings. The lowest BCUT2D eigenvalue weighted by Crippen LogP contribution is -2.41. The summed E-state index contributed by atoms with van der Waals surface area (Å²) < 4.78 is 110. The molecule has 0 radical (unpaired) electrons. The highest BCUT2D eigenvalue weighted by molar-refractivity contribution is 6.62. The van der Waals surface area contributed by atoms with Crippen molar-refractivity contribution in [1.82, 2.24) is 4.98 Å². The van der Waals surface area contributed by atoms with E-state index in [1.54, 1.807) is 27.7 Å². The molecular formula is C17H27BN2O2. The van der Waals surface area contributed by atoms with Gasteiger partial charge in [0.25, 0.3) is 0 Å². The van der Waals surface area contributed by atoms with Gasteiger partial charge in [0.1, 0.15) is 0 Å². The molecule has 0 bridgehead atoms. The minimum absolute atomic E-state index is 0.155. The highest BCUT2D eigenvalue weighted by Crippen LogP contribution is 2.36. The molecule has 1 unspecified atom stereocenters. The predicted molar refractivity (Wildman–Crippen MR) is 90.6 cm³/mol. The molecule has 120 valence electrons. The first-order valence-corrected chi connectivity index (χ1v) is 7.01. The largest absolute Gasteiger partial charge is 0.496 e. The maximum absolute atomic E-state index is 8.53. The number of hydrogen-bond acceptors (Lipinski definition) is 4. The highest BCUT2D eigenvalue weighted by Gasteiger charge is 2.51. The Morgan fingerprint density at radius 1 is 1.36 bits per heavy atom. The van der Waals surface area contributed by atoms with Crippen LogP contribution in [0.2, 0.25) is 0 Å². The number of hydrogen-bond donors (Lipinski definition) is 0. The molecule has 2 saturated heterocycles. The molecule has 0 aliphatic carbocycles. The SMILES string of the molecule is [2H]C([2H])([2H])C1([2H])C([2H])([2H])N(c2cncc(B3OC(C)(C)C(C)(C)O3)c2)C([2H])([2H])C([2H])([2H])C1([2H])[2H]. The second-order valence-corrected chi connectivity index (χ2v) is 6.25. The van der Waals surface area contributed by atoms with Crippen LogP contribution in [-0.4, -0.2) is 36.3 Å². The Morgan fingerprint density at radius 3 is 2.77 bits per heavy atom. The van der Waals surface area contributed by atoms with E-state index in [4.69, 9.17) is 25.8 Å². The average Bonchev–Trinajstić information content (AvgIpc) is 2.86. The molecule has 0 saturated carbocycles. The summed E-state index contributed by atoms with van der Waals surface area (Å²) in [5.74, 6) is -3.72. The van der Waals surface area contributed by atoms with E-state index in [2.05, 4.69) is 4.98 Å². The van der Waals surface area contributed by atoms with Crippen LogP contribution in [0.5, 0.6) is 0 Å². The molecule has 5 heteroatoms. The van der Waals surface area contributed by atoms with E-state index in [-0.39, 0.29) is 10.4 Å². The minimum Gasteiger partial charge on any atom is -0.399 e. The lowest BCUT2D eigenvalue weighted by Gasteiger charge is -2.32. The molecule has 22 heavy (non-hydrogen) atoms. The van der Waals surface area contributed by atoms with E-state index in [1.165, 1.54) is 12.3 Å². The van der Waals surface area contributed by atoms with Crippen molar-refractivity contribution in [2.75, 3.05) is 17.9 Å². The third-order valence-electron chi connectivity index (χ3n) is 4.11. The molecule has 3 rings (SSSR count). The van der Waals surface area contributed by atoms with Gasteiger partial charge in [0, 0.05) is 41.1 Å². The lowest BCUT2D eigenvalue weighted by atomic mass is 9.80. The van der Waals surface area contributed by atoms with Gasteiger partial charge in [0.2, 0.25) is 0 Å². The number of rotatable bonds is 2. The van der Waals surface area contributed by atoms with Gasteiger partial charge in [-0.1, -0.05) is 6.85 Å². The average molecular weight is 314 g/mol. The van der Waals surface area contributed by atoms with Crippen LogP contribution in [0.3, 0.4) is 0 Å². The zero-order valence-electron chi connectivity index (χ0n) is 25.0. The van der Waals surface area contributed by atoms with Crippen molar-refractivity contribution in [3.05, 3.63) is 18.5 Å². The zero-order chi connectivity index (χ0) is 26.6. The fourth-order valence-corrected chi connectivity index (χ4v) is 2.12. The maximum Gasteiger partial charge on any atom is 0.496 e. The standard InChI is InChI=1S/C17H27BN2O2/c1-13-7-6-8-20(12-13)15-9-14(10-19-11-15)18-21-16(2,3)17(4,5)22-18/h9-11,13H,6-8,12H2,1-5H3/i1D3,6D2,7D2,8D2,12D2,13D. The van der Waals surface area contributed by atoms with Gasteiger partial charge in [-0.05, 0) is 52.4 Å². The van der Waals surface area contributed by atoms with Gasteiger partial charge in [-0.25, -0.2) is 0 Å². The summed E-state index contributed by atoms with van der Waals surface area (Å²) in [6.07, 6.45) is -5.07. The smallest absolute Gasteiger partial charge is 0.399 e. The molecule has 0 aromatic carbocycles. The number of anilines is 1. The van der Waals surface area contributed by atoms with E-state index in [0.29, 0.717) is 0 Å². The van der Waals surface area contributed by atoms with E-state index in [9.17, 15) is 0 Å². The third kappa shape index (κ3) is 2.89. The maximum atomic E-state index is 8.53. The summed E-state index contributed by atoms with van der Waals surface area (Å²) in [4.78, 5) is 4.13. The van der Waals surface area contributed by atoms with E-state index in [0.717, 1.165) is 6.20 Å². The fourth-order valence-electron chi connectivity index (χ4n) is 2.12. The van der Waals surface area contributed by atoms with E-state index >= 15 is 0 Å². The summed E-state index contributed by atoms with van der Waals surface area (Å²) in [6.45, 7) is -3.44.